The number of halogens is 1. The fourth-order valence-corrected chi connectivity index (χ4v) is 3.25. The molecular formula is C17H23ClN2O3. The summed E-state index contributed by atoms with van der Waals surface area (Å²) >= 11 is 6.00. The van der Waals surface area contributed by atoms with Crippen LogP contribution < -0.4 is 15.4 Å². The molecule has 2 aliphatic rings. The Morgan fingerprint density at radius 2 is 2.22 bits per heavy atom. The van der Waals surface area contributed by atoms with Gasteiger partial charge in [-0.2, -0.15) is 0 Å². The molecule has 5 nitrogen and oxygen atoms in total. The van der Waals surface area contributed by atoms with E-state index >= 15 is 0 Å². The van der Waals surface area contributed by atoms with Gasteiger partial charge >= 0.3 is 6.03 Å². The molecule has 0 unspecified atom stereocenters. The number of urea groups is 1. The summed E-state index contributed by atoms with van der Waals surface area (Å²) in [7, 11) is 1.60. The molecule has 1 saturated carbocycles. The van der Waals surface area contributed by atoms with Gasteiger partial charge < -0.3 is 20.1 Å². The van der Waals surface area contributed by atoms with Gasteiger partial charge in [0.2, 0.25) is 0 Å². The Morgan fingerprint density at radius 1 is 1.39 bits per heavy atom. The molecule has 1 heterocycles. The SMILES string of the molecule is COc1ccc(Cl)cc1CNC(=O)N[C@@H]1CCO[C@H](C2CC2)C1. The van der Waals surface area contributed by atoms with E-state index in [0.717, 1.165) is 30.8 Å². The molecule has 126 valence electrons. The maximum Gasteiger partial charge on any atom is 0.315 e. The predicted octanol–water partition coefficient (Wildman–Crippen LogP) is 3.11. The van der Waals surface area contributed by atoms with Gasteiger partial charge in [-0.15, -0.1) is 0 Å². The molecule has 0 aromatic heterocycles. The second-order valence-electron chi connectivity index (χ2n) is 6.25. The molecule has 2 fully saturated rings. The van der Waals surface area contributed by atoms with Gasteiger partial charge in [0, 0.05) is 29.8 Å². The van der Waals surface area contributed by atoms with E-state index in [1.165, 1.54) is 12.8 Å². The highest BCUT2D eigenvalue weighted by molar-refractivity contribution is 6.30. The molecule has 1 saturated heterocycles. The summed E-state index contributed by atoms with van der Waals surface area (Å²) in [4.78, 5) is 12.1. The average Bonchev–Trinajstić information content (AvgIpc) is 3.38. The van der Waals surface area contributed by atoms with Crippen molar-refractivity contribution in [1.29, 1.82) is 0 Å². The Hall–Kier alpha value is -1.46. The normalized spacial score (nSPS) is 24.1. The Kier molecular flexibility index (Phi) is 5.28. The third-order valence-electron chi connectivity index (χ3n) is 4.48. The fraction of sp³-hybridized carbons (Fsp3) is 0.588. The lowest BCUT2D eigenvalue weighted by molar-refractivity contribution is -0.00914. The largest absolute Gasteiger partial charge is 0.496 e. The number of hydrogen-bond donors (Lipinski definition) is 2. The molecule has 0 bridgehead atoms. The summed E-state index contributed by atoms with van der Waals surface area (Å²) in [6.07, 6.45) is 4.63. The number of hydrogen-bond acceptors (Lipinski definition) is 3. The lowest BCUT2D eigenvalue weighted by Crippen LogP contribution is -2.46. The summed E-state index contributed by atoms with van der Waals surface area (Å²) in [6, 6.07) is 5.40. The van der Waals surface area contributed by atoms with Crippen molar-refractivity contribution in [3.05, 3.63) is 28.8 Å². The lowest BCUT2D eigenvalue weighted by atomic mass is 10.0. The molecule has 1 aliphatic carbocycles. The number of carbonyl (C=O) groups is 1. The van der Waals surface area contributed by atoms with E-state index in [-0.39, 0.29) is 12.1 Å². The van der Waals surface area contributed by atoms with Crippen LogP contribution in [-0.4, -0.2) is 31.9 Å². The van der Waals surface area contributed by atoms with Crippen molar-refractivity contribution in [3.8, 4) is 5.75 Å². The Morgan fingerprint density at radius 3 is 2.96 bits per heavy atom. The summed E-state index contributed by atoms with van der Waals surface area (Å²) in [6.45, 7) is 1.11. The zero-order valence-corrected chi connectivity index (χ0v) is 14.1. The van der Waals surface area contributed by atoms with E-state index in [9.17, 15) is 4.79 Å². The second kappa shape index (κ2) is 7.41. The van der Waals surface area contributed by atoms with Gasteiger partial charge in [-0.05, 0) is 49.8 Å². The number of ether oxygens (including phenoxy) is 2. The third kappa shape index (κ3) is 4.52. The van der Waals surface area contributed by atoms with E-state index in [4.69, 9.17) is 21.1 Å². The third-order valence-corrected chi connectivity index (χ3v) is 4.72. The highest BCUT2D eigenvalue weighted by Crippen LogP contribution is 2.38. The first-order valence-electron chi connectivity index (χ1n) is 8.14. The number of amides is 2. The van der Waals surface area contributed by atoms with Crippen LogP contribution in [0.3, 0.4) is 0 Å². The first-order chi connectivity index (χ1) is 11.2. The molecule has 0 radical (unpaired) electrons. The molecule has 1 aromatic carbocycles. The minimum atomic E-state index is -0.159. The quantitative estimate of drug-likeness (QED) is 0.867. The van der Waals surface area contributed by atoms with Gasteiger partial charge in [0.1, 0.15) is 5.75 Å². The minimum Gasteiger partial charge on any atom is -0.496 e. The zero-order valence-electron chi connectivity index (χ0n) is 13.3. The molecule has 1 aliphatic heterocycles. The van der Waals surface area contributed by atoms with Gasteiger partial charge in [0.15, 0.2) is 0 Å². The van der Waals surface area contributed by atoms with Gasteiger partial charge in [0.05, 0.1) is 13.2 Å². The monoisotopic (exact) mass is 338 g/mol. The summed E-state index contributed by atoms with van der Waals surface area (Å²) in [5.74, 6) is 1.42. The van der Waals surface area contributed by atoms with Gasteiger partial charge in [0.25, 0.3) is 0 Å². The van der Waals surface area contributed by atoms with E-state index in [1.807, 2.05) is 0 Å². The van der Waals surface area contributed by atoms with Crippen molar-refractivity contribution in [2.24, 2.45) is 5.92 Å². The predicted molar refractivity (Wildman–Crippen MR) is 88.9 cm³/mol. The summed E-state index contributed by atoms with van der Waals surface area (Å²) < 4.78 is 11.1. The first-order valence-corrected chi connectivity index (χ1v) is 8.52. The number of carbonyl (C=O) groups excluding carboxylic acids is 1. The molecule has 23 heavy (non-hydrogen) atoms. The lowest BCUT2D eigenvalue weighted by Gasteiger charge is -2.30. The van der Waals surface area contributed by atoms with E-state index in [2.05, 4.69) is 10.6 Å². The number of methoxy groups -OCH3 is 1. The minimum absolute atomic E-state index is 0.159. The van der Waals surface area contributed by atoms with Crippen molar-refractivity contribution >= 4 is 17.6 Å². The van der Waals surface area contributed by atoms with Crippen LogP contribution >= 0.6 is 11.6 Å². The van der Waals surface area contributed by atoms with Gasteiger partial charge in [-0.1, -0.05) is 11.6 Å². The second-order valence-corrected chi connectivity index (χ2v) is 6.69. The van der Waals surface area contributed by atoms with Crippen molar-refractivity contribution in [2.45, 2.75) is 44.4 Å². The average molecular weight is 339 g/mol. The van der Waals surface area contributed by atoms with Crippen LogP contribution in [0.2, 0.25) is 5.02 Å². The number of rotatable bonds is 5. The van der Waals surface area contributed by atoms with Crippen molar-refractivity contribution < 1.29 is 14.3 Å². The highest BCUT2D eigenvalue weighted by atomic mass is 35.5. The maximum atomic E-state index is 12.1. The van der Waals surface area contributed by atoms with Crippen LogP contribution in [0.25, 0.3) is 0 Å². The fourth-order valence-electron chi connectivity index (χ4n) is 3.05. The Labute approximate surface area is 141 Å². The van der Waals surface area contributed by atoms with E-state index in [1.54, 1.807) is 25.3 Å². The van der Waals surface area contributed by atoms with Crippen LogP contribution in [0.1, 0.15) is 31.2 Å². The van der Waals surface area contributed by atoms with Crippen LogP contribution in [0, 0.1) is 5.92 Å². The topological polar surface area (TPSA) is 59.6 Å². The van der Waals surface area contributed by atoms with Crippen LogP contribution in [0.15, 0.2) is 18.2 Å². The molecule has 3 rings (SSSR count). The summed E-state index contributed by atoms with van der Waals surface area (Å²) in [5.41, 5.74) is 0.859. The van der Waals surface area contributed by atoms with Gasteiger partial charge in [-0.25, -0.2) is 4.79 Å². The van der Waals surface area contributed by atoms with Crippen molar-refractivity contribution in [2.75, 3.05) is 13.7 Å². The molecule has 6 heteroatoms. The molecule has 1 aromatic rings. The zero-order chi connectivity index (χ0) is 16.2. The standard InChI is InChI=1S/C17H23ClN2O3/c1-22-15-5-4-13(18)8-12(15)10-19-17(21)20-14-6-7-23-16(9-14)11-2-3-11/h4-5,8,11,14,16H,2-3,6-7,9-10H2,1H3,(H2,19,20,21)/t14-,16+/m1/s1. The molecule has 2 atom stereocenters. The molecule has 0 spiro atoms. The van der Waals surface area contributed by atoms with Crippen LogP contribution in [0.5, 0.6) is 5.75 Å². The van der Waals surface area contributed by atoms with Crippen molar-refractivity contribution in [3.63, 3.8) is 0 Å². The molecule has 2 amide bonds. The maximum absolute atomic E-state index is 12.1. The molecule has 2 N–H and O–H groups in total. The molecular weight excluding hydrogens is 316 g/mol. The van der Waals surface area contributed by atoms with Crippen molar-refractivity contribution in [1.82, 2.24) is 10.6 Å². The Balaban J connectivity index is 1.48. The summed E-state index contributed by atoms with van der Waals surface area (Å²) in [5, 5.41) is 6.55. The highest BCUT2D eigenvalue weighted by Gasteiger charge is 2.36. The van der Waals surface area contributed by atoms with E-state index in [0.29, 0.717) is 23.6 Å². The number of benzene rings is 1. The smallest absolute Gasteiger partial charge is 0.315 e. The van der Waals surface area contributed by atoms with Gasteiger partial charge in [-0.3, -0.25) is 0 Å². The van der Waals surface area contributed by atoms with E-state index < -0.39 is 0 Å². The Bertz CT molecular complexity index is 563. The number of nitrogens with one attached hydrogen (secondary N) is 2. The van der Waals surface area contributed by atoms with Crippen LogP contribution in [-0.2, 0) is 11.3 Å². The van der Waals surface area contributed by atoms with Crippen LogP contribution in [0.4, 0.5) is 4.79 Å². The first kappa shape index (κ1) is 16.4.